The van der Waals surface area contributed by atoms with Gasteiger partial charge in [0.05, 0.1) is 12.6 Å². The molecule has 0 bridgehead atoms. The summed E-state index contributed by atoms with van der Waals surface area (Å²) in [5.41, 5.74) is 11.7. The highest BCUT2D eigenvalue weighted by Crippen LogP contribution is 2.32. The first-order chi connectivity index (χ1) is 9.27. The molecule has 19 heavy (non-hydrogen) atoms. The summed E-state index contributed by atoms with van der Waals surface area (Å²) in [5, 5.41) is 3.28. The number of benzene rings is 1. The van der Waals surface area contributed by atoms with Crippen molar-refractivity contribution in [1.82, 2.24) is 5.32 Å². The first-order valence-electron chi connectivity index (χ1n) is 7.10. The average molecular weight is 255 g/mol. The summed E-state index contributed by atoms with van der Waals surface area (Å²) in [6, 6.07) is 6.34. The van der Waals surface area contributed by atoms with Crippen LogP contribution in [0.2, 0.25) is 0 Å². The highest BCUT2D eigenvalue weighted by atomic mass is 15.1. The summed E-state index contributed by atoms with van der Waals surface area (Å²) in [4.78, 5) is 4.45. The Labute approximate surface area is 114 Å². The van der Waals surface area contributed by atoms with Gasteiger partial charge in [-0.25, -0.2) is 0 Å². The number of nitrogens with two attached hydrogens (primary N) is 1. The van der Waals surface area contributed by atoms with E-state index in [1.165, 1.54) is 41.5 Å². The van der Waals surface area contributed by atoms with Gasteiger partial charge in [-0.2, -0.15) is 0 Å². The number of amidine groups is 1. The van der Waals surface area contributed by atoms with E-state index in [9.17, 15) is 0 Å². The molecule has 0 radical (unpaired) electrons. The first-order valence-corrected chi connectivity index (χ1v) is 7.10. The van der Waals surface area contributed by atoms with Gasteiger partial charge in [0.25, 0.3) is 0 Å². The Morgan fingerprint density at radius 2 is 2.26 bits per heavy atom. The van der Waals surface area contributed by atoms with Gasteiger partial charge in [0.15, 0.2) is 0 Å². The number of allylic oxidation sites excluding steroid dienone is 2. The summed E-state index contributed by atoms with van der Waals surface area (Å²) in [6.45, 7) is 3.93. The van der Waals surface area contributed by atoms with Crippen molar-refractivity contribution in [3.05, 3.63) is 41.0 Å². The van der Waals surface area contributed by atoms with Gasteiger partial charge in [-0.3, -0.25) is 4.99 Å². The van der Waals surface area contributed by atoms with E-state index in [1.54, 1.807) is 0 Å². The van der Waals surface area contributed by atoms with Crippen LogP contribution in [-0.4, -0.2) is 18.9 Å². The van der Waals surface area contributed by atoms with E-state index in [2.05, 4.69) is 41.5 Å². The zero-order valence-electron chi connectivity index (χ0n) is 11.4. The van der Waals surface area contributed by atoms with Crippen molar-refractivity contribution in [2.24, 2.45) is 10.7 Å². The molecule has 1 aromatic rings. The van der Waals surface area contributed by atoms with Crippen LogP contribution in [0.25, 0.3) is 5.57 Å². The number of aliphatic imine (C=N–C) groups is 1. The fraction of sp³-hybridized carbons (Fsp3) is 0.438. The standard InChI is InChI=1S/C16H21N3/c1-11-13(12-5-2-3-6-12)7-4-8-14(11)15(17)16-18-9-10-19-16/h4-5,7-8,15H,2-3,6,9-10,17H2,1H3,(H,18,19). The SMILES string of the molecule is Cc1c(C2=CCCC2)cccc1C(N)C1=NCCN1. The Morgan fingerprint density at radius 3 is 2.95 bits per heavy atom. The van der Waals surface area contributed by atoms with Crippen molar-refractivity contribution < 1.29 is 0 Å². The van der Waals surface area contributed by atoms with E-state index in [0.717, 1.165) is 18.9 Å². The Hall–Kier alpha value is -1.61. The monoisotopic (exact) mass is 255 g/mol. The minimum Gasteiger partial charge on any atom is -0.370 e. The van der Waals surface area contributed by atoms with Gasteiger partial charge in [0.2, 0.25) is 0 Å². The van der Waals surface area contributed by atoms with Crippen LogP contribution in [0.15, 0.2) is 29.3 Å². The topological polar surface area (TPSA) is 50.4 Å². The summed E-state index contributed by atoms with van der Waals surface area (Å²) in [7, 11) is 0. The smallest absolute Gasteiger partial charge is 0.118 e. The van der Waals surface area contributed by atoms with Crippen molar-refractivity contribution in [2.45, 2.75) is 32.2 Å². The normalized spacial score (nSPS) is 19.9. The van der Waals surface area contributed by atoms with Crippen LogP contribution in [-0.2, 0) is 0 Å². The molecule has 1 aliphatic carbocycles. The maximum absolute atomic E-state index is 6.36. The second-order valence-electron chi connectivity index (χ2n) is 5.31. The predicted molar refractivity (Wildman–Crippen MR) is 80.2 cm³/mol. The van der Waals surface area contributed by atoms with Gasteiger partial charge in [-0.15, -0.1) is 0 Å². The Balaban J connectivity index is 1.95. The summed E-state index contributed by atoms with van der Waals surface area (Å²) in [5.74, 6) is 0.931. The lowest BCUT2D eigenvalue weighted by atomic mass is 9.92. The Morgan fingerprint density at radius 1 is 1.37 bits per heavy atom. The molecule has 3 heteroatoms. The third kappa shape index (κ3) is 2.30. The Bertz CT molecular complexity index is 543. The van der Waals surface area contributed by atoms with Crippen LogP contribution in [0.4, 0.5) is 0 Å². The molecule has 1 aromatic carbocycles. The van der Waals surface area contributed by atoms with Crippen LogP contribution in [0, 0.1) is 6.92 Å². The molecular weight excluding hydrogens is 234 g/mol. The van der Waals surface area contributed by atoms with Crippen LogP contribution < -0.4 is 11.1 Å². The third-order valence-corrected chi connectivity index (χ3v) is 4.09. The molecule has 0 fully saturated rings. The lowest BCUT2D eigenvalue weighted by Gasteiger charge is -2.18. The summed E-state index contributed by atoms with van der Waals surface area (Å²) in [6.07, 6.45) is 6.04. The molecule has 0 saturated carbocycles. The van der Waals surface area contributed by atoms with Crippen LogP contribution >= 0.6 is 0 Å². The third-order valence-electron chi connectivity index (χ3n) is 4.09. The lowest BCUT2D eigenvalue weighted by molar-refractivity contribution is 0.885. The molecule has 0 spiro atoms. The molecule has 1 unspecified atom stereocenters. The minimum absolute atomic E-state index is 0.121. The molecule has 3 nitrogen and oxygen atoms in total. The second-order valence-corrected chi connectivity index (χ2v) is 5.31. The first kappa shape index (κ1) is 12.4. The van der Waals surface area contributed by atoms with Crippen molar-refractivity contribution >= 4 is 11.4 Å². The maximum atomic E-state index is 6.36. The van der Waals surface area contributed by atoms with E-state index in [4.69, 9.17) is 5.73 Å². The Kier molecular flexibility index (Phi) is 3.38. The molecule has 0 aromatic heterocycles. The number of nitrogens with one attached hydrogen (secondary N) is 1. The predicted octanol–water partition coefficient (Wildman–Crippen LogP) is 2.56. The number of hydrogen-bond donors (Lipinski definition) is 2. The summed E-state index contributed by atoms with van der Waals surface area (Å²) >= 11 is 0. The molecule has 1 aliphatic heterocycles. The van der Waals surface area contributed by atoms with Crippen LogP contribution in [0.5, 0.6) is 0 Å². The van der Waals surface area contributed by atoms with Gasteiger partial charge in [-0.1, -0.05) is 24.3 Å². The molecule has 1 heterocycles. The zero-order valence-corrected chi connectivity index (χ0v) is 11.4. The highest BCUT2D eigenvalue weighted by molar-refractivity contribution is 5.90. The van der Waals surface area contributed by atoms with Gasteiger partial charge in [0.1, 0.15) is 5.84 Å². The van der Waals surface area contributed by atoms with Crippen molar-refractivity contribution in [3.63, 3.8) is 0 Å². The zero-order chi connectivity index (χ0) is 13.2. The number of nitrogens with zero attached hydrogens (tertiary/aromatic N) is 1. The number of hydrogen-bond acceptors (Lipinski definition) is 3. The van der Waals surface area contributed by atoms with E-state index >= 15 is 0 Å². The highest BCUT2D eigenvalue weighted by Gasteiger charge is 2.20. The molecular formula is C16H21N3. The van der Waals surface area contributed by atoms with Gasteiger partial charge in [0, 0.05) is 6.54 Å². The average Bonchev–Trinajstić information content (AvgIpc) is 3.11. The van der Waals surface area contributed by atoms with E-state index in [1.807, 2.05) is 0 Å². The van der Waals surface area contributed by atoms with Crippen LogP contribution in [0.1, 0.15) is 42.0 Å². The molecule has 3 N–H and O–H groups in total. The largest absolute Gasteiger partial charge is 0.370 e. The van der Waals surface area contributed by atoms with Gasteiger partial charge >= 0.3 is 0 Å². The fourth-order valence-electron chi connectivity index (χ4n) is 3.03. The molecule has 2 aliphatic rings. The minimum atomic E-state index is -0.121. The van der Waals surface area contributed by atoms with E-state index in [0.29, 0.717) is 0 Å². The molecule has 0 amide bonds. The van der Waals surface area contributed by atoms with Crippen LogP contribution in [0.3, 0.4) is 0 Å². The molecule has 100 valence electrons. The van der Waals surface area contributed by atoms with E-state index in [-0.39, 0.29) is 6.04 Å². The fourth-order valence-corrected chi connectivity index (χ4v) is 3.03. The molecule has 1 atom stereocenters. The second kappa shape index (κ2) is 5.17. The van der Waals surface area contributed by atoms with Gasteiger partial charge in [-0.05, 0) is 48.4 Å². The van der Waals surface area contributed by atoms with Crippen molar-refractivity contribution in [1.29, 1.82) is 0 Å². The number of rotatable bonds is 3. The molecule has 0 saturated heterocycles. The van der Waals surface area contributed by atoms with E-state index < -0.39 is 0 Å². The van der Waals surface area contributed by atoms with Crippen molar-refractivity contribution in [3.8, 4) is 0 Å². The van der Waals surface area contributed by atoms with Crippen molar-refractivity contribution in [2.75, 3.05) is 13.1 Å². The summed E-state index contributed by atoms with van der Waals surface area (Å²) < 4.78 is 0. The van der Waals surface area contributed by atoms with Gasteiger partial charge < -0.3 is 11.1 Å². The molecule has 3 rings (SSSR count). The maximum Gasteiger partial charge on any atom is 0.118 e. The quantitative estimate of drug-likeness (QED) is 0.872. The lowest BCUT2D eigenvalue weighted by Crippen LogP contribution is -2.31.